The van der Waals surface area contributed by atoms with Crippen molar-refractivity contribution >= 4 is 15.9 Å². The normalized spacial score (nSPS) is 11.4. The predicted octanol–water partition coefficient (Wildman–Crippen LogP) is 7.74. The molecule has 0 radical (unpaired) electrons. The van der Waals surface area contributed by atoms with Gasteiger partial charge >= 0.3 is 0 Å². The summed E-state index contributed by atoms with van der Waals surface area (Å²) in [5.41, 5.74) is 6.73. The molecule has 0 unspecified atom stereocenters. The first-order valence-corrected chi connectivity index (χ1v) is 13.6. The van der Waals surface area contributed by atoms with Crippen LogP contribution in [0, 0.1) is 0 Å². The lowest BCUT2D eigenvalue weighted by Crippen LogP contribution is -2.39. The summed E-state index contributed by atoms with van der Waals surface area (Å²) in [6, 6.07) is 48.2. The van der Waals surface area contributed by atoms with Gasteiger partial charge in [0.1, 0.15) is 5.54 Å². The van der Waals surface area contributed by atoms with Crippen molar-refractivity contribution in [1.82, 2.24) is 20.2 Å². The second-order valence-electron chi connectivity index (χ2n) is 9.06. The minimum Gasteiger partial charge on any atom is -0.205 e. The Balaban J connectivity index is 1.74. The Labute approximate surface area is 230 Å². The molecule has 0 N–H and O–H groups in total. The first kappa shape index (κ1) is 24.0. The minimum atomic E-state index is -0.810. The van der Waals surface area contributed by atoms with Crippen molar-refractivity contribution in [2.75, 3.05) is 0 Å². The maximum absolute atomic E-state index is 4.74. The first-order chi connectivity index (χ1) is 18.8. The molecule has 5 aromatic carbocycles. The highest BCUT2D eigenvalue weighted by molar-refractivity contribution is 9.08. The van der Waals surface area contributed by atoms with E-state index in [2.05, 4.69) is 136 Å². The number of aromatic nitrogens is 4. The SMILES string of the molecule is BrCc1cccc(-c2ccccc2)c1-c1nnnn1C(c1ccccc1)(c1ccccc1)c1ccccc1. The van der Waals surface area contributed by atoms with E-state index in [1.807, 2.05) is 28.9 Å². The van der Waals surface area contributed by atoms with Gasteiger partial charge in [0.2, 0.25) is 0 Å². The molecule has 1 heterocycles. The largest absolute Gasteiger partial charge is 0.205 e. The number of benzene rings is 5. The number of hydrogen-bond donors (Lipinski definition) is 0. The fourth-order valence-corrected chi connectivity index (χ4v) is 5.77. The molecule has 38 heavy (non-hydrogen) atoms. The molecule has 0 atom stereocenters. The van der Waals surface area contributed by atoms with Crippen molar-refractivity contribution in [2.45, 2.75) is 10.9 Å². The number of nitrogens with zero attached hydrogens (tertiary/aromatic N) is 4. The van der Waals surface area contributed by atoms with Crippen LogP contribution in [0.1, 0.15) is 22.3 Å². The van der Waals surface area contributed by atoms with E-state index in [4.69, 9.17) is 10.3 Å². The zero-order valence-electron chi connectivity index (χ0n) is 20.7. The number of hydrogen-bond acceptors (Lipinski definition) is 3. The molecule has 0 aliphatic carbocycles. The van der Waals surface area contributed by atoms with Gasteiger partial charge in [-0.2, -0.15) is 0 Å². The standard InChI is InChI=1S/C33H25BrN4/c34-24-26-16-13-23-30(25-14-5-1-6-15-25)31(26)32-35-36-37-38(32)33(27-17-7-2-8-18-27,28-19-9-3-10-20-28)29-21-11-4-12-22-29/h1-23H,24H2. The Morgan fingerprint density at radius 1 is 0.579 bits per heavy atom. The predicted molar refractivity (Wildman–Crippen MR) is 156 cm³/mol. The van der Waals surface area contributed by atoms with Crippen LogP contribution in [0.25, 0.3) is 22.5 Å². The highest BCUT2D eigenvalue weighted by atomic mass is 79.9. The number of rotatable bonds is 7. The van der Waals surface area contributed by atoms with Gasteiger partial charge in [-0.05, 0) is 43.8 Å². The van der Waals surface area contributed by atoms with E-state index < -0.39 is 5.54 Å². The molecule has 0 bridgehead atoms. The van der Waals surface area contributed by atoms with Crippen LogP contribution in [-0.4, -0.2) is 20.2 Å². The fourth-order valence-electron chi connectivity index (χ4n) is 5.31. The number of alkyl halides is 1. The third-order valence-corrected chi connectivity index (χ3v) is 7.57. The second kappa shape index (κ2) is 10.6. The van der Waals surface area contributed by atoms with Gasteiger partial charge in [0.05, 0.1) is 0 Å². The van der Waals surface area contributed by atoms with Crippen LogP contribution in [0.15, 0.2) is 140 Å². The molecule has 0 saturated carbocycles. The third-order valence-electron chi connectivity index (χ3n) is 6.97. The number of tetrazole rings is 1. The van der Waals surface area contributed by atoms with E-state index in [0.29, 0.717) is 11.2 Å². The summed E-state index contributed by atoms with van der Waals surface area (Å²) >= 11 is 3.73. The van der Waals surface area contributed by atoms with Gasteiger partial charge < -0.3 is 0 Å². The molecule has 5 heteroatoms. The lowest BCUT2D eigenvalue weighted by Gasteiger charge is -2.36. The average Bonchev–Trinajstić information content (AvgIpc) is 3.49. The van der Waals surface area contributed by atoms with E-state index in [1.165, 1.54) is 0 Å². The molecular formula is C33H25BrN4. The summed E-state index contributed by atoms with van der Waals surface area (Å²) in [6.07, 6.45) is 0. The summed E-state index contributed by atoms with van der Waals surface area (Å²) in [6.45, 7) is 0. The van der Waals surface area contributed by atoms with Gasteiger partial charge in [-0.15, -0.1) is 5.10 Å². The summed E-state index contributed by atoms with van der Waals surface area (Å²) in [5, 5.41) is 14.4. The molecule has 0 amide bonds. The molecule has 6 aromatic rings. The van der Waals surface area contributed by atoms with Crippen LogP contribution in [0.3, 0.4) is 0 Å². The number of halogens is 1. The fraction of sp³-hybridized carbons (Fsp3) is 0.0606. The summed E-state index contributed by atoms with van der Waals surface area (Å²) in [5.74, 6) is 0.704. The van der Waals surface area contributed by atoms with Crippen LogP contribution in [0.4, 0.5) is 0 Å². The van der Waals surface area contributed by atoms with Crippen molar-refractivity contribution < 1.29 is 0 Å². The Morgan fingerprint density at radius 3 is 1.58 bits per heavy atom. The molecule has 184 valence electrons. The average molecular weight is 557 g/mol. The highest BCUT2D eigenvalue weighted by Gasteiger charge is 2.42. The van der Waals surface area contributed by atoms with Gasteiger partial charge in [-0.25, -0.2) is 4.68 Å². The van der Waals surface area contributed by atoms with Crippen LogP contribution < -0.4 is 0 Å². The van der Waals surface area contributed by atoms with Gasteiger partial charge in [0.25, 0.3) is 0 Å². The lowest BCUT2D eigenvalue weighted by molar-refractivity contribution is 0.451. The molecule has 6 rings (SSSR count). The van der Waals surface area contributed by atoms with Crippen LogP contribution in [0.5, 0.6) is 0 Å². The van der Waals surface area contributed by atoms with E-state index in [-0.39, 0.29) is 0 Å². The molecule has 0 saturated heterocycles. The summed E-state index contributed by atoms with van der Waals surface area (Å²) in [7, 11) is 0. The van der Waals surface area contributed by atoms with E-state index in [0.717, 1.165) is 38.9 Å². The Morgan fingerprint density at radius 2 is 1.08 bits per heavy atom. The van der Waals surface area contributed by atoms with Crippen molar-refractivity contribution in [3.8, 4) is 22.5 Å². The molecule has 4 nitrogen and oxygen atoms in total. The smallest absolute Gasteiger partial charge is 0.184 e. The monoisotopic (exact) mass is 556 g/mol. The van der Waals surface area contributed by atoms with Crippen LogP contribution in [-0.2, 0) is 10.9 Å². The first-order valence-electron chi connectivity index (χ1n) is 12.5. The Hall–Kier alpha value is -4.35. The van der Waals surface area contributed by atoms with E-state index >= 15 is 0 Å². The van der Waals surface area contributed by atoms with Crippen molar-refractivity contribution in [1.29, 1.82) is 0 Å². The van der Waals surface area contributed by atoms with Crippen LogP contribution in [0.2, 0.25) is 0 Å². The molecule has 0 aliphatic heterocycles. The molecule has 1 aromatic heterocycles. The Kier molecular flexibility index (Phi) is 6.67. The van der Waals surface area contributed by atoms with Gasteiger partial charge in [-0.1, -0.05) is 155 Å². The topological polar surface area (TPSA) is 43.6 Å². The third kappa shape index (κ3) is 4.05. The zero-order valence-corrected chi connectivity index (χ0v) is 22.2. The molecule has 0 aliphatic rings. The highest BCUT2D eigenvalue weighted by Crippen LogP contribution is 2.44. The summed E-state index contributed by atoms with van der Waals surface area (Å²) < 4.78 is 2.00. The van der Waals surface area contributed by atoms with Crippen molar-refractivity contribution in [3.63, 3.8) is 0 Å². The molecule has 0 spiro atoms. The van der Waals surface area contributed by atoms with E-state index in [9.17, 15) is 0 Å². The van der Waals surface area contributed by atoms with Gasteiger partial charge in [-0.3, -0.25) is 0 Å². The van der Waals surface area contributed by atoms with Crippen molar-refractivity contribution in [3.05, 3.63) is 162 Å². The maximum atomic E-state index is 4.74. The summed E-state index contributed by atoms with van der Waals surface area (Å²) in [4.78, 5) is 0. The Bertz CT molecular complexity index is 1540. The lowest BCUT2D eigenvalue weighted by atomic mass is 9.76. The van der Waals surface area contributed by atoms with Crippen molar-refractivity contribution in [2.24, 2.45) is 0 Å². The molecular weight excluding hydrogens is 532 g/mol. The van der Waals surface area contributed by atoms with Gasteiger partial charge in [0.15, 0.2) is 5.82 Å². The maximum Gasteiger partial charge on any atom is 0.184 e. The van der Waals surface area contributed by atoms with Gasteiger partial charge in [0, 0.05) is 10.9 Å². The second-order valence-corrected chi connectivity index (χ2v) is 9.62. The quantitative estimate of drug-likeness (QED) is 0.149. The molecule has 0 fully saturated rings. The minimum absolute atomic E-state index is 0.672. The zero-order chi connectivity index (χ0) is 25.8. The van der Waals surface area contributed by atoms with Crippen LogP contribution >= 0.6 is 15.9 Å². The van der Waals surface area contributed by atoms with E-state index in [1.54, 1.807) is 0 Å².